The minimum Gasteiger partial charge on any atom is -0.192 e. The van der Waals surface area contributed by atoms with Gasteiger partial charge in [-0.25, -0.2) is 0 Å². The lowest BCUT2D eigenvalue weighted by molar-refractivity contribution is -0.137. The number of nitrogens with zero attached hydrogens (tertiary/aromatic N) is 3. The zero-order valence-corrected chi connectivity index (χ0v) is 13.2. The second kappa shape index (κ2) is 6.02. The summed E-state index contributed by atoms with van der Waals surface area (Å²) in [6.07, 6.45) is -4.53. The molecule has 3 rings (SSSR count). The van der Waals surface area contributed by atoms with Crippen molar-refractivity contribution in [2.75, 3.05) is 0 Å². The molecule has 0 N–H and O–H groups in total. The number of fused-ring (bicyclic) bond motifs is 2. The fraction of sp³-hybridized carbons (Fsp3) is 0.0556. The number of allylic oxidation sites excluding steroid dienone is 1. The molecule has 0 saturated heterocycles. The highest BCUT2D eigenvalue weighted by Gasteiger charge is 2.33. The Bertz CT molecular complexity index is 1030. The van der Waals surface area contributed by atoms with E-state index < -0.39 is 11.7 Å². The minimum atomic E-state index is -4.53. The van der Waals surface area contributed by atoms with Crippen LogP contribution in [0.3, 0.4) is 0 Å². The summed E-state index contributed by atoms with van der Waals surface area (Å²) in [6, 6.07) is 13.4. The first kappa shape index (κ1) is 16.6. The number of halogens is 3. The quantitative estimate of drug-likeness (QED) is 0.539. The molecule has 2 aromatic carbocycles. The molecule has 0 unspecified atom stereocenters. The van der Waals surface area contributed by atoms with Crippen LogP contribution in [-0.2, 0) is 6.18 Å². The van der Waals surface area contributed by atoms with E-state index in [0.717, 1.165) is 12.1 Å². The van der Waals surface area contributed by atoms with Crippen LogP contribution in [0.2, 0.25) is 0 Å². The van der Waals surface area contributed by atoms with Gasteiger partial charge >= 0.3 is 6.18 Å². The molecule has 0 aliphatic carbocycles. The van der Waals surface area contributed by atoms with Crippen LogP contribution >= 0.6 is 11.8 Å². The molecule has 120 valence electrons. The number of rotatable bonds is 0. The van der Waals surface area contributed by atoms with Crippen LogP contribution in [0.15, 0.2) is 51.8 Å². The molecular weight excluding hydrogens is 347 g/mol. The molecule has 25 heavy (non-hydrogen) atoms. The molecule has 2 aromatic rings. The number of hydrogen-bond donors (Lipinski definition) is 0. The van der Waals surface area contributed by atoms with Gasteiger partial charge in [-0.3, -0.25) is 0 Å². The normalized spacial score (nSPS) is 12.2. The number of hydrogen-bond acceptors (Lipinski definition) is 4. The van der Waals surface area contributed by atoms with Gasteiger partial charge in [-0.05, 0) is 41.5 Å². The van der Waals surface area contributed by atoms with Crippen LogP contribution in [-0.4, -0.2) is 0 Å². The molecule has 0 spiro atoms. The lowest BCUT2D eigenvalue weighted by Gasteiger charge is -2.23. The second-order valence-electron chi connectivity index (χ2n) is 5.11. The van der Waals surface area contributed by atoms with Gasteiger partial charge in [-0.1, -0.05) is 17.8 Å². The van der Waals surface area contributed by atoms with Crippen LogP contribution in [0.25, 0.3) is 5.57 Å². The third kappa shape index (κ3) is 2.85. The van der Waals surface area contributed by atoms with Crippen molar-refractivity contribution in [1.29, 1.82) is 15.8 Å². The number of nitriles is 3. The first-order valence-electron chi connectivity index (χ1n) is 6.87. The summed E-state index contributed by atoms with van der Waals surface area (Å²) in [4.78, 5) is 1.11. The van der Waals surface area contributed by atoms with Crippen LogP contribution in [0.5, 0.6) is 0 Å². The van der Waals surface area contributed by atoms with Crippen molar-refractivity contribution >= 4 is 17.3 Å². The smallest absolute Gasteiger partial charge is 0.192 e. The zero-order chi connectivity index (χ0) is 18.2. The van der Waals surface area contributed by atoms with Gasteiger partial charge in [0.2, 0.25) is 0 Å². The van der Waals surface area contributed by atoms with Gasteiger partial charge in [0.1, 0.15) is 17.7 Å². The SMILES string of the molecule is N#CC(C#N)=C1c2ccc(C#N)cc2Sc2ccc(C(F)(F)F)cc21. The highest BCUT2D eigenvalue weighted by atomic mass is 32.2. The van der Waals surface area contributed by atoms with Crippen molar-refractivity contribution < 1.29 is 13.2 Å². The predicted molar refractivity (Wildman–Crippen MR) is 84.0 cm³/mol. The summed E-state index contributed by atoms with van der Waals surface area (Å²) in [7, 11) is 0. The first-order valence-corrected chi connectivity index (χ1v) is 7.69. The molecule has 0 radical (unpaired) electrons. The highest BCUT2D eigenvalue weighted by Crippen LogP contribution is 2.48. The van der Waals surface area contributed by atoms with Gasteiger partial charge in [0.15, 0.2) is 0 Å². The van der Waals surface area contributed by atoms with Gasteiger partial charge < -0.3 is 0 Å². The van der Waals surface area contributed by atoms with Crippen LogP contribution in [0.1, 0.15) is 22.3 Å². The maximum atomic E-state index is 13.1. The Morgan fingerprint density at radius 3 is 2.20 bits per heavy atom. The van der Waals surface area contributed by atoms with E-state index in [4.69, 9.17) is 5.26 Å². The Hall–Kier alpha value is -3.21. The van der Waals surface area contributed by atoms with Gasteiger partial charge in [0, 0.05) is 15.4 Å². The maximum absolute atomic E-state index is 13.1. The number of alkyl halides is 3. The van der Waals surface area contributed by atoms with E-state index in [1.54, 1.807) is 24.3 Å². The largest absolute Gasteiger partial charge is 0.416 e. The monoisotopic (exact) mass is 353 g/mol. The van der Waals surface area contributed by atoms with Crippen molar-refractivity contribution in [1.82, 2.24) is 0 Å². The molecule has 1 aliphatic heterocycles. The summed E-state index contributed by atoms with van der Waals surface area (Å²) in [5.41, 5.74) is 0.0772. The van der Waals surface area contributed by atoms with Crippen molar-refractivity contribution in [3.63, 3.8) is 0 Å². The first-order chi connectivity index (χ1) is 11.9. The van der Waals surface area contributed by atoms with Crippen LogP contribution < -0.4 is 0 Å². The molecule has 0 bridgehead atoms. The molecular formula is C18H6F3N3S. The van der Waals surface area contributed by atoms with Crippen molar-refractivity contribution in [2.24, 2.45) is 0 Å². The Labute approximate surface area is 145 Å². The average molecular weight is 353 g/mol. The van der Waals surface area contributed by atoms with Crippen LogP contribution in [0, 0.1) is 34.0 Å². The fourth-order valence-electron chi connectivity index (χ4n) is 2.54. The van der Waals surface area contributed by atoms with E-state index in [9.17, 15) is 23.7 Å². The van der Waals surface area contributed by atoms with Gasteiger partial charge in [0.05, 0.1) is 17.2 Å². The second-order valence-corrected chi connectivity index (χ2v) is 6.19. The Kier molecular flexibility index (Phi) is 4.00. The molecule has 0 fully saturated rings. The van der Waals surface area contributed by atoms with Crippen molar-refractivity contribution in [3.05, 3.63) is 64.2 Å². The van der Waals surface area contributed by atoms with Crippen LogP contribution in [0.4, 0.5) is 13.2 Å². The predicted octanol–water partition coefficient (Wildman–Crippen LogP) is 4.89. The van der Waals surface area contributed by atoms with E-state index in [2.05, 4.69) is 0 Å². The summed E-state index contributed by atoms with van der Waals surface area (Å²) < 4.78 is 39.2. The van der Waals surface area contributed by atoms with Crippen molar-refractivity contribution in [3.8, 4) is 18.2 Å². The van der Waals surface area contributed by atoms with E-state index in [-0.39, 0.29) is 16.7 Å². The molecule has 0 aromatic heterocycles. The summed E-state index contributed by atoms with van der Waals surface area (Å²) in [5.74, 6) is 0. The lowest BCUT2D eigenvalue weighted by atomic mass is 9.91. The van der Waals surface area contributed by atoms with E-state index in [1.807, 2.05) is 6.07 Å². The third-order valence-electron chi connectivity index (χ3n) is 3.65. The number of benzene rings is 2. The molecule has 0 amide bonds. The van der Waals surface area contributed by atoms with E-state index in [1.165, 1.54) is 23.9 Å². The standard InChI is InChI=1S/C18H6F3N3S/c19-18(20,21)12-2-4-15-14(6-12)17(11(8-23)9-24)13-3-1-10(7-22)5-16(13)25-15/h1-6H. The molecule has 7 heteroatoms. The summed E-state index contributed by atoms with van der Waals surface area (Å²) in [6.45, 7) is 0. The topological polar surface area (TPSA) is 71.4 Å². The molecule has 3 nitrogen and oxygen atoms in total. The van der Waals surface area contributed by atoms with Crippen molar-refractivity contribution in [2.45, 2.75) is 16.0 Å². The Balaban J connectivity index is 2.35. The third-order valence-corrected chi connectivity index (χ3v) is 4.78. The molecule has 1 heterocycles. The summed E-state index contributed by atoms with van der Waals surface area (Å²) in [5, 5.41) is 27.5. The molecule has 0 atom stereocenters. The van der Waals surface area contributed by atoms with Gasteiger partial charge in [0.25, 0.3) is 0 Å². The van der Waals surface area contributed by atoms with Gasteiger partial charge in [-0.2, -0.15) is 29.0 Å². The Morgan fingerprint density at radius 2 is 1.60 bits per heavy atom. The maximum Gasteiger partial charge on any atom is 0.416 e. The zero-order valence-electron chi connectivity index (χ0n) is 12.3. The lowest BCUT2D eigenvalue weighted by Crippen LogP contribution is -2.08. The molecule has 0 saturated carbocycles. The van der Waals surface area contributed by atoms with E-state index >= 15 is 0 Å². The fourth-order valence-corrected chi connectivity index (χ4v) is 3.65. The highest BCUT2D eigenvalue weighted by molar-refractivity contribution is 7.99. The average Bonchev–Trinajstić information content (AvgIpc) is 2.60. The minimum absolute atomic E-state index is 0.157. The summed E-state index contributed by atoms with van der Waals surface area (Å²) >= 11 is 1.20. The Morgan fingerprint density at radius 1 is 0.880 bits per heavy atom. The van der Waals surface area contributed by atoms with E-state index in [0.29, 0.717) is 20.9 Å². The van der Waals surface area contributed by atoms with Gasteiger partial charge in [-0.15, -0.1) is 0 Å². The molecule has 1 aliphatic rings.